The lowest BCUT2D eigenvalue weighted by Gasteiger charge is -2.06. The van der Waals surface area contributed by atoms with E-state index in [0.717, 1.165) is 11.8 Å². The molecule has 3 aromatic carbocycles. The number of anilines is 1. The molecule has 0 amide bonds. The van der Waals surface area contributed by atoms with Gasteiger partial charge in [0.15, 0.2) is 11.7 Å². The number of carbonyl (C=O) groups excluding carboxylic acids is 1. The number of Topliss-reactive ketones (excluding diaryl/α,β-unsaturated/α-hetero) is 1. The molecule has 4 rings (SSSR count). The number of ether oxygens (including phenoxy) is 1. The number of ketones is 1. The maximum absolute atomic E-state index is 13.1. The van der Waals surface area contributed by atoms with Gasteiger partial charge < -0.3 is 9.15 Å². The molecule has 4 aromatic rings. The van der Waals surface area contributed by atoms with Crippen LogP contribution in [0.25, 0.3) is 0 Å². The first-order valence-corrected chi connectivity index (χ1v) is 11.7. The molecule has 0 aliphatic rings. The van der Waals surface area contributed by atoms with Crippen LogP contribution in [0.3, 0.4) is 0 Å². The molecule has 1 aromatic heterocycles. The fraction of sp³-hybridized carbons (Fsp3) is 0.0435. The van der Waals surface area contributed by atoms with Crippen LogP contribution >= 0.6 is 35.0 Å². The topological polar surface area (TPSA) is 133 Å². The smallest absolute Gasteiger partial charge is 0.283 e. The first-order chi connectivity index (χ1) is 17.4. The van der Waals surface area contributed by atoms with E-state index in [1.165, 1.54) is 24.3 Å². The Kier molecular flexibility index (Phi) is 8.16. The average molecular weight is 544 g/mol. The summed E-state index contributed by atoms with van der Waals surface area (Å²) in [5.74, 6) is 0.152. The molecule has 0 fully saturated rings. The molecule has 0 saturated heterocycles. The number of aromatic nitrogens is 2. The van der Waals surface area contributed by atoms with E-state index >= 15 is 0 Å². The molecule has 0 atom stereocenters. The molecule has 0 radical (unpaired) electrons. The Labute approximate surface area is 218 Å². The van der Waals surface area contributed by atoms with Gasteiger partial charge in [0, 0.05) is 22.7 Å². The lowest BCUT2D eigenvalue weighted by atomic mass is 10.1. The van der Waals surface area contributed by atoms with Crippen LogP contribution in [0.15, 0.2) is 87.5 Å². The predicted octanol–water partition coefficient (Wildman–Crippen LogP) is 6.26. The van der Waals surface area contributed by atoms with Crippen LogP contribution in [-0.2, 0) is 6.61 Å². The van der Waals surface area contributed by atoms with Crippen molar-refractivity contribution < 1.29 is 18.9 Å². The zero-order valence-corrected chi connectivity index (χ0v) is 20.5. The van der Waals surface area contributed by atoms with Gasteiger partial charge in [0.1, 0.15) is 5.75 Å². The SMILES string of the molecule is O=C(/C(=N\Nc1ccc([N+](=O)[O-])cc1)Sc1nnc(COc2ccc(Cl)cc2Cl)o1)c1ccccc1. The van der Waals surface area contributed by atoms with Gasteiger partial charge in [0.2, 0.25) is 5.78 Å². The monoisotopic (exact) mass is 543 g/mol. The standard InChI is InChI=1S/C23H15Cl2N5O5S/c24-15-6-11-19(18(25)12-15)34-13-20-27-29-23(35-20)36-22(21(31)14-4-2-1-3-5-14)28-26-16-7-9-17(10-8-16)30(32)33/h1-12,26H,13H2/b28-22+. The number of nitrogens with one attached hydrogen (secondary N) is 1. The highest BCUT2D eigenvalue weighted by molar-refractivity contribution is 8.15. The summed E-state index contributed by atoms with van der Waals surface area (Å²) >= 11 is 12.8. The summed E-state index contributed by atoms with van der Waals surface area (Å²) in [5.41, 5.74) is 3.50. The average Bonchev–Trinajstić information content (AvgIpc) is 3.33. The molecule has 10 nitrogen and oxygen atoms in total. The Morgan fingerprint density at radius 2 is 1.83 bits per heavy atom. The maximum atomic E-state index is 13.1. The number of nitrogens with zero attached hydrogens (tertiary/aromatic N) is 4. The minimum Gasteiger partial charge on any atom is -0.482 e. The van der Waals surface area contributed by atoms with Crippen molar-refractivity contribution >= 4 is 57.2 Å². The van der Waals surface area contributed by atoms with Gasteiger partial charge in [-0.2, -0.15) is 5.10 Å². The molecule has 0 aliphatic carbocycles. The van der Waals surface area contributed by atoms with Crippen LogP contribution < -0.4 is 10.2 Å². The minimum absolute atomic E-state index is 0.0106. The number of non-ortho nitro benzene ring substituents is 1. The number of halogens is 2. The van der Waals surface area contributed by atoms with Crippen molar-refractivity contribution in [2.75, 3.05) is 5.43 Å². The van der Waals surface area contributed by atoms with Crippen molar-refractivity contribution in [3.05, 3.63) is 104 Å². The summed E-state index contributed by atoms with van der Waals surface area (Å²) in [6.07, 6.45) is 0. The quantitative estimate of drug-likeness (QED) is 0.0647. The third kappa shape index (κ3) is 6.60. The molecular weight excluding hydrogens is 529 g/mol. The normalized spacial score (nSPS) is 11.2. The molecule has 36 heavy (non-hydrogen) atoms. The highest BCUT2D eigenvalue weighted by Gasteiger charge is 2.20. The van der Waals surface area contributed by atoms with Crippen LogP contribution in [0.4, 0.5) is 11.4 Å². The Hall–Kier alpha value is -3.93. The van der Waals surface area contributed by atoms with Crippen molar-refractivity contribution in [1.82, 2.24) is 10.2 Å². The number of nitro groups is 1. The molecule has 0 unspecified atom stereocenters. The van der Waals surface area contributed by atoms with Crippen LogP contribution in [0.5, 0.6) is 5.75 Å². The van der Waals surface area contributed by atoms with E-state index in [9.17, 15) is 14.9 Å². The number of hydrazone groups is 1. The van der Waals surface area contributed by atoms with Crippen LogP contribution in [0.1, 0.15) is 16.2 Å². The van der Waals surface area contributed by atoms with E-state index < -0.39 is 4.92 Å². The number of hydrogen-bond donors (Lipinski definition) is 1. The summed E-state index contributed by atoms with van der Waals surface area (Å²) in [6, 6.07) is 18.9. The largest absolute Gasteiger partial charge is 0.482 e. The predicted molar refractivity (Wildman–Crippen MR) is 136 cm³/mol. The Bertz CT molecular complexity index is 1410. The zero-order chi connectivity index (χ0) is 25.5. The van der Waals surface area contributed by atoms with Gasteiger partial charge in [0.05, 0.1) is 15.6 Å². The summed E-state index contributed by atoms with van der Waals surface area (Å²) in [6.45, 7) is -0.0605. The minimum atomic E-state index is -0.509. The Morgan fingerprint density at radius 3 is 2.53 bits per heavy atom. The van der Waals surface area contributed by atoms with Gasteiger partial charge in [-0.1, -0.05) is 53.5 Å². The number of thioether (sulfide) groups is 1. The summed E-state index contributed by atoms with van der Waals surface area (Å²) in [4.78, 5) is 23.4. The second kappa shape index (κ2) is 11.7. The summed E-state index contributed by atoms with van der Waals surface area (Å²) in [5, 5.41) is 23.8. The fourth-order valence-electron chi connectivity index (χ4n) is 2.76. The number of carbonyl (C=O) groups is 1. The van der Waals surface area contributed by atoms with Crippen LogP contribution in [0, 0.1) is 10.1 Å². The zero-order valence-electron chi connectivity index (χ0n) is 18.1. The van der Waals surface area contributed by atoms with Gasteiger partial charge in [0.25, 0.3) is 16.8 Å². The van der Waals surface area contributed by atoms with E-state index in [1.807, 2.05) is 0 Å². The lowest BCUT2D eigenvalue weighted by Crippen LogP contribution is -2.13. The van der Waals surface area contributed by atoms with E-state index in [-0.39, 0.29) is 34.2 Å². The molecule has 0 bridgehead atoms. The molecule has 13 heteroatoms. The van der Waals surface area contributed by atoms with Gasteiger partial charge in [-0.15, -0.1) is 10.2 Å². The number of rotatable bonds is 9. The first kappa shape index (κ1) is 25.2. The van der Waals surface area contributed by atoms with Crippen molar-refractivity contribution in [3.8, 4) is 5.75 Å². The molecular formula is C23H15Cl2N5O5S. The van der Waals surface area contributed by atoms with E-state index in [2.05, 4.69) is 20.7 Å². The van der Waals surface area contributed by atoms with Gasteiger partial charge in [-0.3, -0.25) is 20.3 Å². The third-order valence-electron chi connectivity index (χ3n) is 4.47. The number of benzene rings is 3. The molecule has 1 N–H and O–H groups in total. The van der Waals surface area contributed by atoms with Crippen molar-refractivity contribution in [1.29, 1.82) is 0 Å². The van der Waals surface area contributed by atoms with Crippen molar-refractivity contribution in [2.24, 2.45) is 5.10 Å². The third-order valence-corrected chi connectivity index (χ3v) is 5.81. The van der Waals surface area contributed by atoms with Gasteiger partial charge >= 0.3 is 0 Å². The highest BCUT2D eigenvalue weighted by Crippen LogP contribution is 2.28. The van der Waals surface area contributed by atoms with E-state index in [0.29, 0.717) is 27.0 Å². The maximum Gasteiger partial charge on any atom is 0.283 e. The highest BCUT2D eigenvalue weighted by atomic mass is 35.5. The Balaban J connectivity index is 1.50. The van der Waals surface area contributed by atoms with Crippen molar-refractivity contribution in [2.45, 2.75) is 11.8 Å². The first-order valence-electron chi connectivity index (χ1n) is 10.1. The molecule has 182 valence electrons. The molecule has 0 aliphatic heterocycles. The number of hydrogen-bond acceptors (Lipinski definition) is 10. The fourth-order valence-corrected chi connectivity index (χ4v) is 3.91. The van der Waals surface area contributed by atoms with Crippen LogP contribution in [-0.4, -0.2) is 25.9 Å². The molecule has 1 heterocycles. The van der Waals surface area contributed by atoms with Crippen molar-refractivity contribution in [3.63, 3.8) is 0 Å². The molecule has 0 saturated carbocycles. The van der Waals surface area contributed by atoms with Crippen LogP contribution in [0.2, 0.25) is 10.0 Å². The van der Waals surface area contributed by atoms with E-state index in [1.54, 1.807) is 48.5 Å². The second-order valence-corrected chi connectivity index (χ2v) is 8.74. The summed E-state index contributed by atoms with van der Waals surface area (Å²) < 4.78 is 11.2. The summed E-state index contributed by atoms with van der Waals surface area (Å²) in [7, 11) is 0. The molecule has 0 spiro atoms. The second-order valence-electron chi connectivity index (χ2n) is 6.96. The van der Waals surface area contributed by atoms with E-state index in [4.69, 9.17) is 32.4 Å². The lowest BCUT2D eigenvalue weighted by molar-refractivity contribution is -0.384. The Morgan fingerprint density at radius 1 is 1.08 bits per heavy atom. The number of nitro benzene ring substituents is 1. The van der Waals surface area contributed by atoms with Gasteiger partial charge in [-0.05, 0) is 42.1 Å². The van der Waals surface area contributed by atoms with Gasteiger partial charge in [-0.25, -0.2) is 0 Å².